The summed E-state index contributed by atoms with van der Waals surface area (Å²) in [6.07, 6.45) is 2.36. The highest BCUT2D eigenvalue weighted by Crippen LogP contribution is 2.50. The van der Waals surface area contributed by atoms with Crippen LogP contribution >= 0.6 is 11.3 Å². The number of thiophene rings is 1. The highest BCUT2D eigenvalue weighted by molar-refractivity contribution is 7.07. The molecule has 1 aromatic heterocycles. The van der Waals surface area contributed by atoms with Crippen LogP contribution in [0.2, 0.25) is 0 Å². The number of ether oxygens (including phenoxy) is 1. The summed E-state index contributed by atoms with van der Waals surface area (Å²) < 4.78 is 5.53. The van der Waals surface area contributed by atoms with Crippen LogP contribution in [-0.4, -0.2) is 26.7 Å². The molecule has 2 aromatic rings. The van der Waals surface area contributed by atoms with E-state index in [4.69, 9.17) is 4.74 Å². The van der Waals surface area contributed by atoms with Crippen LogP contribution in [0.5, 0.6) is 5.75 Å². The van der Waals surface area contributed by atoms with Gasteiger partial charge in [0.2, 0.25) is 0 Å². The number of rotatable bonds is 6. The van der Waals surface area contributed by atoms with Crippen molar-refractivity contribution in [3.05, 3.63) is 52.2 Å². The molecule has 5 heteroatoms. The molecule has 0 unspecified atom stereocenters. The van der Waals surface area contributed by atoms with Gasteiger partial charge in [0, 0.05) is 31.1 Å². The van der Waals surface area contributed by atoms with Crippen LogP contribution in [0.1, 0.15) is 24.0 Å². The fraction of sp³-hybridized carbons (Fsp3) is 0.389. The smallest absolute Gasteiger partial charge is 0.191 e. The number of hydrogen-bond acceptors (Lipinski definition) is 3. The number of methoxy groups -OCH3 is 1. The van der Waals surface area contributed by atoms with Gasteiger partial charge in [-0.25, -0.2) is 0 Å². The van der Waals surface area contributed by atoms with Gasteiger partial charge in [0.15, 0.2) is 5.96 Å². The quantitative estimate of drug-likeness (QED) is 0.632. The van der Waals surface area contributed by atoms with E-state index in [9.17, 15) is 0 Å². The molecule has 2 N–H and O–H groups in total. The first-order valence-electron chi connectivity index (χ1n) is 7.86. The first kappa shape index (κ1) is 15.9. The summed E-state index contributed by atoms with van der Waals surface area (Å²) in [5.41, 5.74) is 2.75. The summed E-state index contributed by atoms with van der Waals surface area (Å²) in [4.78, 5) is 4.32. The van der Waals surface area contributed by atoms with E-state index >= 15 is 0 Å². The second kappa shape index (κ2) is 7.04. The molecule has 0 spiro atoms. The molecule has 1 aromatic carbocycles. The topological polar surface area (TPSA) is 45.7 Å². The fourth-order valence-corrected chi connectivity index (χ4v) is 3.50. The van der Waals surface area contributed by atoms with Gasteiger partial charge in [0.05, 0.1) is 7.11 Å². The zero-order chi connectivity index (χ0) is 16.1. The van der Waals surface area contributed by atoms with E-state index in [1.165, 1.54) is 24.0 Å². The number of hydrogen-bond donors (Lipinski definition) is 2. The molecule has 1 aliphatic carbocycles. The summed E-state index contributed by atoms with van der Waals surface area (Å²) in [5, 5.41) is 11.1. The third-order valence-electron chi connectivity index (χ3n) is 4.39. The molecule has 4 nitrogen and oxygen atoms in total. The lowest BCUT2D eigenvalue weighted by atomic mass is 9.95. The van der Waals surface area contributed by atoms with Gasteiger partial charge in [-0.3, -0.25) is 4.99 Å². The largest absolute Gasteiger partial charge is 0.496 e. The molecule has 0 radical (unpaired) electrons. The van der Waals surface area contributed by atoms with E-state index in [0.29, 0.717) is 0 Å². The Morgan fingerprint density at radius 3 is 2.74 bits per heavy atom. The molecule has 0 amide bonds. The Morgan fingerprint density at radius 2 is 2.09 bits per heavy atom. The van der Waals surface area contributed by atoms with Gasteiger partial charge in [-0.15, -0.1) is 0 Å². The molecule has 0 saturated heterocycles. The third-order valence-corrected chi connectivity index (χ3v) is 5.12. The number of guanidine groups is 1. The maximum absolute atomic E-state index is 5.53. The molecule has 23 heavy (non-hydrogen) atoms. The minimum absolute atomic E-state index is 0.173. The van der Waals surface area contributed by atoms with Crippen LogP contribution in [0.15, 0.2) is 46.1 Å². The van der Waals surface area contributed by atoms with Crippen LogP contribution in [0, 0.1) is 0 Å². The highest BCUT2D eigenvalue weighted by atomic mass is 32.1. The Kier molecular flexibility index (Phi) is 4.86. The summed E-state index contributed by atoms with van der Waals surface area (Å²) >= 11 is 1.71. The number of nitrogens with one attached hydrogen (secondary N) is 2. The van der Waals surface area contributed by atoms with E-state index in [0.717, 1.165) is 24.8 Å². The predicted molar refractivity (Wildman–Crippen MR) is 96.4 cm³/mol. The second-order valence-corrected chi connectivity index (χ2v) is 6.67. The van der Waals surface area contributed by atoms with E-state index < -0.39 is 0 Å². The van der Waals surface area contributed by atoms with Crippen LogP contribution in [0.4, 0.5) is 0 Å². The van der Waals surface area contributed by atoms with Crippen LogP contribution in [0.25, 0.3) is 0 Å². The lowest BCUT2D eigenvalue weighted by Crippen LogP contribution is -2.40. The summed E-state index contributed by atoms with van der Waals surface area (Å²) in [6, 6.07) is 10.4. The van der Waals surface area contributed by atoms with Crippen molar-refractivity contribution >= 4 is 17.3 Å². The first-order chi connectivity index (χ1) is 11.3. The Hall–Kier alpha value is -2.01. The van der Waals surface area contributed by atoms with Crippen molar-refractivity contribution in [2.24, 2.45) is 4.99 Å². The van der Waals surface area contributed by atoms with Crippen molar-refractivity contribution in [2.75, 3.05) is 20.7 Å². The molecule has 1 saturated carbocycles. The Bertz CT molecular complexity index is 663. The predicted octanol–water partition coefficient (Wildman–Crippen LogP) is 3.15. The normalized spacial score (nSPS) is 16.0. The molecule has 1 aliphatic rings. The van der Waals surface area contributed by atoms with E-state index in [1.54, 1.807) is 18.4 Å². The molecule has 3 rings (SSSR count). The van der Waals surface area contributed by atoms with Crippen LogP contribution in [-0.2, 0) is 12.0 Å². The van der Waals surface area contributed by atoms with Crippen molar-refractivity contribution < 1.29 is 4.74 Å². The lowest BCUT2D eigenvalue weighted by Gasteiger charge is -2.21. The number of nitrogens with zero attached hydrogens (tertiary/aromatic N) is 1. The molecular weight excluding hydrogens is 306 g/mol. The first-order valence-corrected chi connectivity index (χ1v) is 8.81. The minimum atomic E-state index is 0.173. The third kappa shape index (κ3) is 3.67. The van der Waals surface area contributed by atoms with Gasteiger partial charge in [-0.05, 0) is 41.3 Å². The second-order valence-electron chi connectivity index (χ2n) is 5.89. The summed E-state index contributed by atoms with van der Waals surface area (Å²) in [5.74, 6) is 1.82. The highest BCUT2D eigenvalue weighted by Gasteiger charge is 2.45. The standard InChI is InChI=1S/C18H23N3OS/c1-19-17(20-11-14-7-10-23-12-14)21-13-18(8-9-18)15-5-3-4-6-16(15)22-2/h3-7,10,12H,8-9,11,13H2,1-2H3,(H2,19,20,21). The van der Waals surface area contributed by atoms with E-state index in [1.807, 2.05) is 19.2 Å². The van der Waals surface area contributed by atoms with Crippen molar-refractivity contribution in [3.8, 4) is 5.75 Å². The zero-order valence-electron chi connectivity index (χ0n) is 13.6. The van der Waals surface area contributed by atoms with Crippen molar-refractivity contribution in [2.45, 2.75) is 24.8 Å². The number of para-hydroxylation sites is 1. The van der Waals surface area contributed by atoms with Gasteiger partial charge in [-0.1, -0.05) is 18.2 Å². The Balaban J connectivity index is 1.60. The average molecular weight is 329 g/mol. The summed E-state index contributed by atoms with van der Waals surface area (Å²) in [6.45, 7) is 1.67. The van der Waals surface area contributed by atoms with Gasteiger partial charge in [-0.2, -0.15) is 11.3 Å². The maximum atomic E-state index is 5.53. The van der Waals surface area contributed by atoms with Gasteiger partial charge < -0.3 is 15.4 Å². The molecule has 0 atom stereocenters. The van der Waals surface area contributed by atoms with Gasteiger partial charge in [0.25, 0.3) is 0 Å². The summed E-state index contributed by atoms with van der Waals surface area (Å²) in [7, 11) is 3.55. The van der Waals surface area contributed by atoms with E-state index in [-0.39, 0.29) is 5.41 Å². The molecule has 0 bridgehead atoms. The average Bonchev–Trinajstić information content (AvgIpc) is 3.20. The van der Waals surface area contributed by atoms with Gasteiger partial charge in [0.1, 0.15) is 5.75 Å². The zero-order valence-corrected chi connectivity index (χ0v) is 14.5. The van der Waals surface area contributed by atoms with Crippen molar-refractivity contribution in [1.29, 1.82) is 0 Å². The van der Waals surface area contributed by atoms with E-state index in [2.05, 4.69) is 44.6 Å². The van der Waals surface area contributed by atoms with Crippen molar-refractivity contribution in [1.82, 2.24) is 10.6 Å². The molecular formula is C18H23N3OS. The monoisotopic (exact) mass is 329 g/mol. The lowest BCUT2D eigenvalue weighted by molar-refractivity contribution is 0.403. The minimum Gasteiger partial charge on any atom is -0.496 e. The maximum Gasteiger partial charge on any atom is 0.191 e. The fourth-order valence-electron chi connectivity index (χ4n) is 2.83. The molecule has 1 heterocycles. The number of benzene rings is 1. The van der Waals surface area contributed by atoms with Crippen LogP contribution < -0.4 is 15.4 Å². The van der Waals surface area contributed by atoms with Gasteiger partial charge >= 0.3 is 0 Å². The Labute approximate surface area is 141 Å². The Morgan fingerprint density at radius 1 is 1.26 bits per heavy atom. The SMILES string of the molecule is CN=C(NCc1ccsc1)NCC1(c2ccccc2OC)CC1. The van der Waals surface area contributed by atoms with Crippen LogP contribution in [0.3, 0.4) is 0 Å². The molecule has 122 valence electrons. The molecule has 1 fully saturated rings. The number of aliphatic imine (C=N–C) groups is 1. The van der Waals surface area contributed by atoms with Crippen molar-refractivity contribution in [3.63, 3.8) is 0 Å². The molecule has 0 aliphatic heterocycles.